The van der Waals surface area contributed by atoms with E-state index in [9.17, 15) is 0 Å². The molecule has 0 saturated carbocycles. The van der Waals surface area contributed by atoms with Crippen molar-refractivity contribution in [3.63, 3.8) is 0 Å². The first kappa shape index (κ1) is 16.3. The predicted molar refractivity (Wildman–Crippen MR) is 107 cm³/mol. The number of furan rings is 1. The lowest BCUT2D eigenvalue weighted by atomic mass is 9.48. The summed E-state index contributed by atoms with van der Waals surface area (Å²) in [4.78, 5) is 0. The predicted octanol–water partition coefficient (Wildman–Crippen LogP) is 5.15. The molecule has 0 N–H and O–H groups in total. The fourth-order valence-electron chi connectivity index (χ4n) is 4.64. The molecule has 3 aliphatic rings. The molecule has 1 aromatic heterocycles. The minimum atomic E-state index is -0.231. The van der Waals surface area contributed by atoms with Gasteiger partial charge in [-0.25, -0.2) is 0 Å². The van der Waals surface area contributed by atoms with Crippen molar-refractivity contribution < 1.29 is 18.6 Å². The number of hydrogen-bond acceptors (Lipinski definition) is 4. The Labute approximate surface area is 164 Å². The fraction of sp³-hybridized carbons (Fsp3) is 0.304. The van der Waals surface area contributed by atoms with Crippen LogP contribution < -0.4 is 9.47 Å². The van der Waals surface area contributed by atoms with Crippen LogP contribution >= 0.6 is 0 Å². The first-order valence-electron chi connectivity index (χ1n) is 9.90. The molecule has 3 aromatic rings. The Morgan fingerprint density at radius 2 is 1.89 bits per heavy atom. The van der Waals surface area contributed by atoms with Gasteiger partial charge in [0.25, 0.3) is 5.95 Å². The molecule has 0 amide bonds. The highest BCUT2D eigenvalue weighted by atomic mass is 16.7. The van der Waals surface area contributed by atoms with Crippen molar-refractivity contribution in [1.82, 2.24) is 0 Å². The van der Waals surface area contributed by atoms with Crippen LogP contribution in [0.3, 0.4) is 0 Å². The second-order valence-corrected chi connectivity index (χ2v) is 7.74. The summed E-state index contributed by atoms with van der Waals surface area (Å²) in [7, 11) is 2.34. The average molecular weight is 371 g/mol. The van der Waals surface area contributed by atoms with Crippen LogP contribution in [0.2, 0.25) is 5.82 Å². The lowest BCUT2D eigenvalue weighted by Gasteiger charge is -2.40. The van der Waals surface area contributed by atoms with Crippen LogP contribution in [0, 0.1) is 6.92 Å². The summed E-state index contributed by atoms with van der Waals surface area (Å²) in [6.07, 6.45) is 3.91. The van der Waals surface area contributed by atoms with Crippen molar-refractivity contribution in [3.05, 3.63) is 71.5 Å². The number of allylic oxidation sites excluding steroid dienone is 1. The van der Waals surface area contributed by atoms with E-state index in [4.69, 9.17) is 18.6 Å². The summed E-state index contributed by atoms with van der Waals surface area (Å²) in [6, 6.07) is 16.2. The molecule has 2 aliphatic heterocycles. The third-order valence-electron chi connectivity index (χ3n) is 6.07. The highest BCUT2D eigenvalue weighted by Crippen LogP contribution is 2.48. The summed E-state index contributed by atoms with van der Waals surface area (Å²) in [6.45, 7) is 2.04. The van der Waals surface area contributed by atoms with Gasteiger partial charge >= 0.3 is 0 Å². The molecule has 28 heavy (non-hydrogen) atoms. The maximum absolute atomic E-state index is 6.35. The van der Waals surface area contributed by atoms with Gasteiger partial charge in [-0.15, -0.1) is 0 Å². The van der Waals surface area contributed by atoms with Crippen molar-refractivity contribution in [2.75, 3.05) is 0 Å². The number of benzene rings is 2. The molecule has 1 saturated heterocycles. The Bertz CT molecular complexity index is 1090. The van der Waals surface area contributed by atoms with Crippen LogP contribution in [0.25, 0.3) is 11.0 Å². The van der Waals surface area contributed by atoms with Gasteiger partial charge in [0.05, 0.1) is 6.10 Å². The Balaban J connectivity index is 1.31. The summed E-state index contributed by atoms with van der Waals surface area (Å²) >= 11 is 0. The topological polar surface area (TPSA) is 40.8 Å². The molecule has 1 aliphatic carbocycles. The van der Waals surface area contributed by atoms with Gasteiger partial charge in [0.2, 0.25) is 0 Å². The monoisotopic (exact) mass is 371 g/mol. The minimum Gasteiger partial charge on any atom is -0.465 e. The van der Waals surface area contributed by atoms with Crippen LogP contribution in [0.4, 0.5) is 0 Å². The second kappa shape index (κ2) is 6.18. The Morgan fingerprint density at radius 1 is 1.04 bits per heavy atom. The van der Waals surface area contributed by atoms with Crippen molar-refractivity contribution >= 4 is 18.2 Å². The molecular formula is C23H20BO4. The molecule has 3 heterocycles. The highest BCUT2D eigenvalue weighted by molar-refractivity contribution is 6.42. The summed E-state index contributed by atoms with van der Waals surface area (Å²) in [5.74, 6) is 2.64. The first-order chi connectivity index (χ1) is 13.8. The third kappa shape index (κ3) is 2.42. The zero-order chi connectivity index (χ0) is 18.7. The Morgan fingerprint density at radius 3 is 2.82 bits per heavy atom. The Hall–Kier alpha value is -2.66. The lowest BCUT2D eigenvalue weighted by molar-refractivity contribution is -0.124. The largest absolute Gasteiger partial charge is 0.465 e. The molecule has 5 heteroatoms. The minimum absolute atomic E-state index is 0.0697. The number of rotatable bonds is 2. The van der Waals surface area contributed by atoms with Crippen molar-refractivity contribution in [1.29, 1.82) is 0 Å². The zero-order valence-corrected chi connectivity index (χ0v) is 15.6. The molecule has 0 spiro atoms. The van der Waals surface area contributed by atoms with Crippen molar-refractivity contribution in [3.8, 4) is 11.7 Å². The maximum Gasteiger partial charge on any atom is 0.293 e. The first-order valence-corrected chi connectivity index (χ1v) is 9.90. The van der Waals surface area contributed by atoms with Crippen molar-refractivity contribution in [2.24, 2.45) is 0 Å². The number of hydrogen-bond donors (Lipinski definition) is 0. The third-order valence-corrected chi connectivity index (χ3v) is 6.07. The molecule has 1 fully saturated rings. The Kier molecular flexibility index (Phi) is 3.60. The highest BCUT2D eigenvalue weighted by Gasteiger charge is 2.47. The van der Waals surface area contributed by atoms with E-state index in [0.29, 0.717) is 5.95 Å². The molecule has 3 unspecified atom stereocenters. The van der Waals surface area contributed by atoms with E-state index < -0.39 is 0 Å². The summed E-state index contributed by atoms with van der Waals surface area (Å²) in [5, 5.41) is 1.09. The number of para-hydroxylation sites is 2. The van der Waals surface area contributed by atoms with Crippen LogP contribution in [-0.4, -0.2) is 19.7 Å². The van der Waals surface area contributed by atoms with Gasteiger partial charge in [-0.05, 0) is 43.5 Å². The van der Waals surface area contributed by atoms with E-state index in [1.165, 1.54) is 5.56 Å². The van der Waals surface area contributed by atoms with E-state index in [1.807, 2.05) is 37.3 Å². The van der Waals surface area contributed by atoms with Gasteiger partial charge in [-0.3, -0.25) is 0 Å². The van der Waals surface area contributed by atoms with E-state index in [0.717, 1.165) is 40.9 Å². The van der Waals surface area contributed by atoms with Gasteiger partial charge in [-0.2, -0.15) is 0 Å². The summed E-state index contributed by atoms with van der Waals surface area (Å²) < 4.78 is 24.7. The van der Waals surface area contributed by atoms with Gasteiger partial charge < -0.3 is 18.6 Å². The second-order valence-electron chi connectivity index (χ2n) is 7.74. The smallest absolute Gasteiger partial charge is 0.293 e. The van der Waals surface area contributed by atoms with Crippen molar-refractivity contribution in [2.45, 2.75) is 43.8 Å². The van der Waals surface area contributed by atoms with Gasteiger partial charge in [0.1, 0.15) is 24.4 Å². The van der Waals surface area contributed by atoms with Crippen LogP contribution in [0.15, 0.2) is 64.8 Å². The van der Waals surface area contributed by atoms with Crippen LogP contribution in [-0.2, 0) is 4.74 Å². The molecule has 6 rings (SSSR count). The van der Waals surface area contributed by atoms with Crippen LogP contribution in [0.5, 0.6) is 11.7 Å². The zero-order valence-electron chi connectivity index (χ0n) is 15.6. The molecule has 1 radical (unpaired) electrons. The van der Waals surface area contributed by atoms with E-state index in [2.05, 4.69) is 31.6 Å². The van der Waals surface area contributed by atoms with Gasteiger partial charge in [-0.1, -0.05) is 36.4 Å². The molecule has 4 atom stereocenters. The normalized spacial score (nSPS) is 27.8. The van der Waals surface area contributed by atoms with Crippen LogP contribution in [0.1, 0.15) is 29.8 Å². The quantitative estimate of drug-likeness (QED) is 0.585. The standard InChI is InChI=1S/C23H20BO4/c1-13-14-7-2-4-9-16(14)25-22(13)27-18-11-6-12-19-21(18)24-20-15-8-3-5-10-17(15)26-23(20)28-19/h2-5,7-11,19-21,23H,6,12H2,1H3/t19?,20?,21-,23?/m1/s1. The lowest BCUT2D eigenvalue weighted by Crippen LogP contribution is -2.44. The maximum atomic E-state index is 6.35. The molecular weight excluding hydrogens is 351 g/mol. The number of fused-ring (bicyclic) bond motifs is 5. The fourth-order valence-corrected chi connectivity index (χ4v) is 4.64. The van der Waals surface area contributed by atoms with Gasteiger partial charge in [0.15, 0.2) is 6.29 Å². The van der Waals surface area contributed by atoms with E-state index in [-0.39, 0.29) is 24.0 Å². The van der Waals surface area contributed by atoms with E-state index >= 15 is 0 Å². The SMILES string of the molecule is Cc1c(OC2=CCCC3OC4Oc5ccccc5C4[B][C@H]23)oc2ccccc12. The molecule has 2 aromatic carbocycles. The number of ether oxygens (including phenoxy) is 3. The van der Waals surface area contributed by atoms with E-state index in [1.54, 1.807) is 0 Å². The number of aryl methyl sites for hydroxylation is 1. The van der Waals surface area contributed by atoms with Gasteiger partial charge in [0, 0.05) is 22.6 Å². The molecule has 4 nitrogen and oxygen atoms in total. The molecule has 139 valence electrons. The summed E-state index contributed by atoms with van der Waals surface area (Å²) in [5.41, 5.74) is 3.07. The molecule has 0 bridgehead atoms. The average Bonchev–Trinajstić information content (AvgIpc) is 3.24.